The van der Waals surface area contributed by atoms with Gasteiger partial charge in [0.05, 0.1) is 5.56 Å². The van der Waals surface area contributed by atoms with Crippen molar-refractivity contribution in [2.24, 2.45) is 5.92 Å². The molecule has 0 saturated carbocycles. The number of hydrogen-bond donors (Lipinski definition) is 1. The maximum Gasteiger partial charge on any atom is 0.251 e. The second-order valence-corrected chi connectivity index (χ2v) is 10.7. The molecule has 40 heavy (non-hydrogen) atoms. The van der Waals surface area contributed by atoms with Gasteiger partial charge in [0, 0.05) is 35.2 Å². The number of rotatable bonds is 10. The highest BCUT2D eigenvalue weighted by Crippen LogP contribution is 2.38. The van der Waals surface area contributed by atoms with Crippen molar-refractivity contribution in [3.63, 3.8) is 0 Å². The number of fused-ring (bicyclic) bond motifs is 1. The van der Waals surface area contributed by atoms with Crippen molar-refractivity contribution in [2.75, 3.05) is 32.8 Å². The molecule has 1 N–H and O–H groups in total. The molecule has 0 unspecified atom stereocenters. The molecule has 0 spiro atoms. The number of hydrogen-bond acceptors (Lipinski definition) is 5. The molecule has 1 amide bonds. The Morgan fingerprint density at radius 3 is 2.50 bits per heavy atom. The molecule has 6 nitrogen and oxygen atoms in total. The van der Waals surface area contributed by atoms with Gasteiger partial charge in [0.1, 0.15) is 29.5 Å². The molecule has 2 heterocycles. The van der Waals surface area contributed by atoms with E-state index in [9.17, 15) is 14.0 Å². The number of amides is 1. The first-order valence-electron chi connectivity index (χ1n) is 14.0. The van der Waals surface area contributed by atoms with Crippen molar-refractivity contribution in [2.45, 2.75) is 33.1 Å². The molecular formula is C33H35FN2O4. The summed E-state index contributed by atoms with van der Waals surface area (Å²) in [5, 5.41) is 3.62. The summed E-state index contributed by atoms with van der Waals surface area (Å²) in [6.07, 6.45) is 4.48. The van der Waals surface area contributed by atoms with Gasteiger partial charge >= 0.3 is 0 Å². The third-order valence-corrected chi connectivity index (χ3v) is 7.29. The van der Waals surface area contributed by atoms with Gasteiger partial charge in [-0.1, -0.05) is 26.3 Å². The van der Waals surface area contributed by atoms with Crippen molar-refractivity contribution in [1.82, 2.24) is 10.2 Å². The summed E-state index contributed by atoms with van der Waals surface area (Å²) < 4.78 is 25.8. The van der Waals surface area contributed by atoms with E-state index in [2.05, 4.69) is 24.1 Å². The quantitative estimate of drug-likeness (QED) is 0.219. The topological polar surface area (TPSA) is 71.8 Å². The van der Waals surface area contributed by atoms with Crippen LogP contribution < -0.4 is 10.1 Å². The zero-order chi connectivity index (χ0) is 28.1. The Balaban J connectivity index is 1.50. The lowest BCUT2D eigenvalue weighted by Crippen LogP contribution is -2.33. The summed E-state index contributed by atoms with van der Waals surface area (Å²) in [6.45, 7) is 8.24. The summed E-state index contributed by atoms with van der Waals surface area (Å²) in [7, 11) is 0. The Kier molecular flexibility index (Phi) is 8.60. The number of nitrogens with one attached hydrogen (secondary N) is 1. The second-order valence-electron chi connectivity index (χ2n) is 10.7. The number of carbonyl (C=O) groups is 2. The monoisotopic (exact) mass is 542 g/mol. The van der Waals surface area contributed by atoms with Crippen LogP contribution in [0.25, 0.3) is 33.4 Å². The number of benzene rings is 3. The molecule has 4 aromatic rings. The number of halogens is 1. The average Bonchev–Trinajstić information content (AvgIpc) is 3.34. The SMILES string of the molecule is CC(C)CNC(=O)c1ccc(OCCN2CCCCC2)c(-c2ccc3oc(-c4ccc(F)cc4)c(C=O)c3c2)c1. The number of nitrogens with zero attached hydrogens (tertiary/aromatic N) is 1. The third-order valence-electron chi connectivity index (χ3n) is 7.29. The number of aldehydes is 1. The van der Waals surface area contributed by atoms with Crippen LogP contribution in [0, 0.1) is 11.7 Å². The van der Waals surface area contributed by atoms with Gasteiger partial charge in [0.25, 0.3) is 5.91 Å². The van der Waals surface area contributed by atoms with Gasteiger partial charge in [-0.2, -0.15) is 0 Å². The minimum atomic E-state index is -0.361. The molecule has 1 aliphatic heterocycles. The van der Waals surface area contributed by atoms with Crippen LogP contribution in [-0.2, 0) is 0 Å². The highest BCUT2D eigenvalue weighted by molar-refractivity contribution is 6.04. The van der Waals surface area contributed by atoms with Crippen LogP contribution in [0.5, 0.6) is 5.75 Å². The summed E-state index contributed by atoms with van der Waals surface area (Å²) >= 11 is 0. The molecule has 0 radical (unpaired) electrons. The predicted octanol–water partition coefficient (Wildman–Crippen LogP) is 6.97. The normalized spacial score (nSPS) is 14.0. The van der Waals surface area contributed by atoms with Crippen LogP contribution in [0.2, 0.25) is 0 Å². The van der Waals surface area contributed by atoms with E-state index in [1.807, 2.05) is 30.3 Å². The number of carbonyl (C=O) groups excluding carboxylic acids is 2. The van der Waals surface area contributed by atoms with Gasteiger partial charge in [-0.15, -0.1) is 0 Å². The molecule has 208 valence electrons. The average molecular weight is 543 g/mol. The van der Waals surface area contributed by atoms with E-state index in [1.165, 1.54) is 31.4 Å². The fourth-order valence-corrected chi connectivity index (χ4v) is 5.11. The largest absolute Gasteiger partial charge is 0.492 e. The van der Waals surface area contributed by atoms with Crippen molar-refractivity contribution in [1.29, 1.82) is 0 Å². The summed E-state index contributed by atoms with van der Waals surface area (Å²) in [5.74, 6) is 0.890. The summed E-state index contributed by atoms with van der Waals surface area (Å²) in [5.41, 5.74) is 3.65. The van der Waals surface area contributed by atoms with Gasteiger partial charge in [0.15, 0.2) is 6.29 Å². The Morgan fingerprint density at radius 2 is 1.77 bits per heavy atom. The lowest BCUT2D eigenvalue weighted by Gasteiger charge is -2.26. The van der Waals surface area contributed by atoms with E-state index in [0.717, 1.165) is 37.0 Å². The van der Waals surface area contributed by atoms with Crippen molar-refractivity contribution in [3.8, 4) is 28.2 Å². The molecule has 0 atom stereocenters. The molecule has 3 aromatic carbocycles. The first-order valence-corrected chi connectivity index (χ1v) is 14.0. The zero-order valence-corrected chi connectivity index (χ0v) is 23.0. The van der Waals surface area contributed by atoms with Gasteiger partial charge in [0.2, 0.25) is 0 Å². The van der Waals surface area contributed by atoms with Gasteiger partial charge in [-0.3, -0.25) is 14.5 Å². The predicted molar refractivity (Wildman–Crippen MR) is 155 cm³/mol. The van der Waals surface area contributed by atoms with Gasteiger partial charge < -0.3 is 14.5 Å². The van der Waals surface area contributed by atoms with E-state index in [1.54, 1.807) is 18.2 Å². The third kappa shape index (κ3) is 6.26. The smallest absolute Gasteiger partial charge is 0.251 e. The van der Waals surface area contributed by atoms with E-state index < -0.39 is 0 Å². The Bertz CT molecular complexity index is 1490. The second kappa shape index (κ2) is 12.5. The fourth-order valence-electron chi connectivity index (χ4n) is 5.11. The highest BCUT2D eigenvalue weighted by Gasteiger charge is 2.19. The number of ether oxygens (including phenoxy) is 1. The Hall–Kier alpha value is -3.97. The van der Waals surface area contributed by atoms with Crippen LogP contribution in [0.15, 0.2) is 65.1 Å². The standard InChI is InChI=1S/C33H35FN2O4/c1-22(2)20-35-33(38)25-9-12-30(39-17-16-36-14-4-3-5-15-36)27(19-25)24-8-13-31-28(18-24)29(21-37)32(40-31)23-6-10-26(34)11-7-23/h6-13,18-19,21-22H,3-5,14-17,20H2,1-2H3,(H,35,38). The van der Waals surface area contributed by atoms with E-state index in [0.29, 0.717) is 58.2 Å². The molecule has 1 aromatic heterocycles. The maximum absolute atomic E-state index is 13.5. The zero-order valence-electron chi connectivity index (χ0n) is 23.0. The Labute approximate surface area is 234 Å². The lowest BCUT2D eigenvalue weighted by atomic mass is 9.98. The van der Waals surface area contributed by atoms with Crippen LogP contribution >= 0.6 is 0 Å². The van der Waals surface area contributed by atoms with Crippen LogP contribution in [-0.4, -0.2) is 49.9 Å². The van der Waals surface area contributed by atoms with Crippen LogP contribution in [0.1, 0.15) is 53.8 Å². The first kappa shape index (κ1) is 27.6. The summed E-state index contributed by atoms with van der Waals surface area (Å²) in [4.78, 5) is 27.5. The van der Waals surface area contributed by atoms with Gasteiger partial charge in [-0.25, -0.2) is 4.39 Å². The van der Waals surface area contributed by atoms with E-state index in [-0.39, 0.29) is 11.7 Å². The highest BCUT2D eigenvalue weighted by atomic mass is 19.1. The number of piperidine rings is 1. The molecule has 1 saturated heterocycles. The van der Waals surface area contributed by atoms with Crippen molar-refractivity contribution < 1.29 is 23.1 Å². The molecule has 5 rings (SSSR count). The molecule has 0 aliphatic carbocycles. The molecular weight excluding hydrogens is 507 g/mol. The molecule has 7 heteroatoms. The first-order chi connectivity index (χ1) is 19.4. The summed E-state index contributed by atoms with van der Waals surface area (Å²) in [6, 6.07) is 16.9. The number of furan rings is 1. The van der Waals surface area contributed by atoms with E-state index >= 15 is 0 Å². The minimum absolute atomic E-state index is 0.147. The Morgan fingerprint density at radius 1 is 1.02 bits per heavy atom. The molecule has 1 aliphatic rings. The molecule has 1 fully saturated rings. The fraction of sp³-hybridized carbons (Fsp3) is 0.333. The van der Waals surface area contributed by atoms with Crippen LogP contribution in [0.4, 0.5) is 4.39 Å². The molecule has 0 bridgehead atoms. The van der Waals surface area contributed by atoms with Crippen LogP contribution in [0.3, 0.4) is 0 Å². The van der Waals surface area contributed by atoms with E-state index in [4.69, 9.17) is 9.15 Å². The van der Waals surface area contributed by atoms with Crippen molar-refractivity contribution in [3.05, 3.63) is 77.6 Å². The van der Waals surface area contributed by atoms with Crippen molar-refractivity contribution >= 4 is 23.2 Å². The minimum Gasteiger partial charge on any atom is -0.492 e. The van der Waals surface area contributed by atoms with Gasteiger partial charge in [-0.05, 0) is 92.0 Å². The maximum atomic E-state index is 13.5. The number of likely N-dealkylation sites (tertiary alicyclic amines) is 1. The lowest BCUT2D eigenvalue weighted by molar-refractivity contribution is 0.0948.